The molecular formula is C18H25ClN2O4. The molecule has 1 aliphatic heterocycles. The van der Waals surface area contributed by atoms with Gasteiger partial charge in [-0.3, -0.25) is 9.59 Å². The average molecular weight is 369 g/mol. The van der Waals surface area contributed by atoms with E-state index >= 15 is 0 Å². The number of amides is 1. The van der Waals surface area contributed by atoms with Crippen LogP contribution in [-0.4, -0.2) is 56.7 Å². The summed E-state index contributed by atoms with van der Waals surface area (Å²) in [6, 6.07) is 6.90. The van der Waals surface area contributed by atoms with Gasteiger partial charge in [0.1, 0.15) is 5.75 Å². The van der Waals surface area contributed by atoms with Crippen molar-refractivity contribution in [2.75, 3.05) is 39.9 Å². The Bertz CT molecular complexity index is 557. The van der Waals surface area contributed by atoms with Gasteiger partial charge in [0, 0.05) is 11.6 Å². The van der Waals surface area contributed by atoms with Gasteiger partial charge >= 0.3 is 5.97 Å². The summed E-state index contributed by atoms with van der Waals surface area (Å²) in [5.41, 5.74) is 0. The first-order valence-corrected chi connectivity index (χ1v) is 8.91. The highest BCUT2D eigenvalue weighted by molar-refractivity contribution is 6.30. The summed E-state index contributed by atoms with van der Waals surface area (Å²) in [6.07, 6.45) is 2.55. The van der Waals surface area contributed by atoms with Crippen LogP contribution >= 0.6 is 11.6 Å². The first kappa shape index (κ1) is 19.5. The van der Waals surface area contributed by atoms with E-state index in [1.807, 2.05) is 0 Å². The highest BCUT2D eigenvalue weighted by atomic mass is 35.5. The second-order valence-corrected chi connectivity index (χ2v) is 6.52. The summed E-state index contributed by atoms with van der Waals surface area (Å²) in [6.45, 7) is 3.30. The van der Waals surface area contributed by atoms with Crippen LogP contribution in [0.1, 0.15) is 19.3 Å². The number of rotatable bonds is 8. The first-order valence-electron chi connectivity index (χ1n) is 8.53. The first-order chi connectivity index (χ1) is 12.1. The van der Waals surface area contributed by atoms with Gasteiger partial charge in [-0.25, -0.2) is 0 Å². The van der Waals surface area contributed by atoms with E-state index < -0.39 is 0 Å². The van der Waals surface area contributed by atoms with Gasteiger partial charge in [0.25, 0.3) is 5.91 Å². The molecule has 0 aliphatic carbocycles. The van der Waals surface area contributed by atoms with Crippen molar-refractivity contribution in [1.29, 1.82) is 0 Å². The number of methoxy groups -OCH3 is 1. The number of nitrogens with one attached hydrogen (secondary N) is 1. The molecule has 1 aromatic rings. The van der Waals surface area contributed by atoms with E-state index in [1.54, 1.807) is 24.3 Å². The Morgan fingerprint density at radius 1 is 1.24 bits per heavy atom. The molecule has 0 saturated carbocycles. The van der Waals surface area contributed by atoms with E-state index in [0.29, 0.717) is 17.3 Å². The van der Waals surface area contributed by atoms with Crippen LogP contribution in [0.2, 0.25) is 5.02 Å². The minimum Gasteiger partial charge on any atom is -0.484 e. The summed E-state index contributed by atoms with van der Waals surface area (Å²) in [5.74, 6) is 0.408. The Labute approximate surface area is 153 Å². The number of carbonyl (C=O) groups is 2. The Hall–Kier alpha value is -1.79. The number of ether oxygens (including phenoxy) is 2. The van der Waals surface area contributed by atoms with Crippen molar-refractivity contribution < 1.29 is 19.1 Å². The quantitative estimate of drug-likeness (QED) is 0.562. The number of benzene rings is 1. The Balaban J connectivity index is 1.53. The molecule has 1 heterocycles. The van der Waals surface area contributed by atoms with Crippen LogP contribution in [0.15, 0.2) is 24.3 Å². The smallest absolute Gasteiger partial charge is 0.308 e. The predicted octanol–water partition coefficient (Wildman–Crippen LogP) is 2.11. The third-order valence-corrected chi connectivity index (χ3v) is 4.53. The monoisotopic (exact) mass is 368 g/mol. The van der Waals surface area contributed by atoms with Crippen LogP contribution in [-0.2, 0) is 14.3 Å². The Morgan fingerprint density at radius 3 is 2.56 bits per heavy atom. The van der Waals surface area contributed by atoms with Gasteiger partial charge in [0.15, 0.2) is 6.61 Å². The van der Waals surface area contributed by atoms with E-state index in [2.05, 4.69) is 10.2 Å². The molecule has 1 amide bonds. The molecule has 0 unspecified atom stereocenters. The van der Waals surface area contributed by atoms with Gasteiger partial charge in [-0.2, -0.15) is 0 Å². The maximum absolute atomic E-state index is 11.8. The van der Waals surface area contributed by atoms with Crippen molar-refractivity contribution in [2.45, 2.75) is 19.3 Å². The largest absolute Gasteiger partial charge is 0.484 e. The molecule has 1 fully saturated rings. The lowest BCUT2D eigenvalue weighted by molar-refractivity contribution is -0.147. The SMILES string of the molecule is COC(=O)C1CCN(CCCNC(=O)COc2ccc(Cl)cc2)CC1. The van der Waals surface area contributed by atoms with Crippen LogP contribution in [0.3, 0.4) is 0 Å². The summed E-state index contributed by atoms with van der Waals surface area (Å²) >= 11 is 5.79. The standard InChI is InChI=1S/C18H25ClN2O4/c1-24-18(23)14-7-11-21(12-8-14)10-2-9-20-17(22)13-25-16-5-3-15(19)4-6-16/h3-6,14H,2,7-13H2,1H3,(H,20,22). The van der Waals surface area contributed by atoms with Gasteiger partial charge in [-0.15, -0.1) is 0 Å². The molecule has 1 N–H and O–H groups in total. The molecule has 0 spiro atoms. The average Bonchev–Trinajstić information content (AvgIpc) is 2.64. The van der Waals surface area contributed by atoms with Crippen LogP contribution in [0.4, 0.5) is 0 Å². The number of piperidine rings is 1. The molecule has 1 aliphatic rings. The molecule has 25 heavy (non-hydrogen) atoms. The van der Waals surface area contributed by atoms with E-state index in [0.717, 1.165) is 38.9 Å². The van der Waals surface area contributed by atoms with Gasteiger partial charge < -0.3 is 19.7 Å². The van der Waals surface area contributed by atoms with Crippen molar-refractivity contribution in [3.8, 4) is 5.75 Å². The zero-order chi connectivity index (χ0) is 18.1. The van der Waals surface area contributed by atoms with E-state index in [1.165, 1.54) is 7.11 Å². The Morgan fingerprint density at radius 2 is 1.92 bits per heavy atom. The normalized spacial score (nSPS) is 15.6. The lowest BCUT2D eigenvalue weighted by Crippen LogP contribution is -2.38. The minimum absolute atomic E-state index is 0.00778. The molecule has 0 aromatic heterocycles. The summed E-state index contributed by atoms with van der Waals surface area (Å²) in [7, 11) is 1.44. The van der Waals surface area contributed by atoms with Crippen molar-refractivity contribution in [1.82, 2.24) is 10.2 Å². The fourth-order valence-electron chi connectivity index (χ4n) is 2.82. The molecule has 138 valence electrons. The number of likely N-dealkylation sites (tertiary alicyclic amines) is 1. The number of esters is 1. The van der Waals surface area contributed by atoms with Crippen molar-refractivity contribution in [3.05, 3.63) is 29.3 Å². The number of hydrogen-bond donors (Lipinski definition) is 1. The molecule has 1 saturated heterocycles. The fourth-order valence-corrected chi connectivity index (χ4v) is 2.95. The maximum atomic E-state index is 11.8. The second-order valence-electron chi connectivity index (χ2n) is 6.09. The molecule has 0 atom stereocenters. The van der Waals surface area contributed by atoms with Gasteiger partial charge in [0.05, 0.1) is 13.0 Å². The molecule has 0 bridgehead atoms. The number of halogens is 1. The van der Waals surface area contributed by atoms with Crippen LogP contribution in [0.5, 0.6) is 5.75 Å². The summed E-state index contributed by atoms with van der Waals surface area (Å²) < 4.78 is 10.2. The van der Waals surface area contributed by atoms with Gasteiger partial charge in [-0.05, 0) is 63.2 Å². The van der Waals surface area contributed by atoms with Crippen molar-refractivity contribution >= 4 is 23.5 Å². The van der Waals surface area contributed by atoms with E-state index in [9.17, 15) is 9.59 Å². The topological polar surface area (TPSA) is 67.9 Å². The van der Waals surface area contributed by atoms with Crippen molar-refractivity contribution in [2.24, 2.45) is 5.92 Å². The molecule has 0 radical (unpaired) electrons. The number of carbonyl (C=O) groups excluding carboxylic acids is 2. The molecule has 7 heteroatoms. The number of hydrogen-bond acceptors (Lipinski definition) is 5. The van der Waals surface area contributed by atoms with Crippen LogP contribution in [0, 0.1) is 5.92 Å². The third-order valence-electron chi connectivity index (χ3n) is 4.28. The second kappa shape index (κ2) is 10.3. The number of nitrogens with zero attached hydrogens (tertiary/aromatic N) is 1. The molecule has 6 nitrogen and oxygen atoms in total. The molecule has 1 aromatic carbocycles. The fraction of sp³-hybridized carbons (Fsp3) is 0.556. The summed E-state index contributed by atoms with van der Waals surface area (Å²) in [4.78, 5) is 25.6. The zero-order valence-corrected chi connectivity index (χ0v) is 15.3. The summed E-state index contributed by atoms with van der Waals surface area (Å²) in [5, 5.41) is 3.48. The predicted molar refractivity (Wildman–Crippen MR) is 95.8 cm³/mol. The van der Waals surface area contributed by atoms with E-state index in [4.69, 9.17) is 21.1 Å². The van der Waals surface area contributed by atoms with Gasteiger partial charge in [-0.1, -0.05) is 11.6 Å². The third kappa shape index (κ3) is 6.92. The van der Waals surface area contributed by atoms with Crippen LogP contribution < -0.4 is 10.1 Å². The zero-order valence-electron chi connectivity index (χ0n) is 14.5. The highest BCUT2D eigenvalue weighted by Gasteiger charge is 2.25. The lowest BCUT2D eigenvalue weighted by atomic mass is 9.97. The lowest BCUT2D eigenvalue weighted by Gasteiger charge is -2.30. The molecular weight excluding hydrogens is 344 g/mol. The van der Waals surface area contributed by atoms with Crippen molar-refractivity contribution in [3.63, 3.8) is 0 Å². The van der Waals surface area contributed by atoms with Crippen LogP contribution in [0.25, 0.3) is 0 Å². The van der Waals surface area contributed by atoms with E-state index in [-0.39, 0.29) is 24.4 Å². The molecule has 2 rings (SSSR count). The maximum Gasteiger partial charge on any atom is 0.308 e. The van der Waals surface area contributed by atoms with Gasteiger partial charge in [0.2, 0.25) is 0 Å². The Kier molecular flexibility index (Phi) is 8.01. The highest BCUT2D eigenvalue weighted by Crippen LogP contribution is 2.18. The minimum atomic E-state index is -0.139.